The minimum Gasteiger partial charge on any atom is -0.395 e. The first kappa shape index (κ1) is 16.6. The average Bonchev–Trinajstić information content (AvgIpc) is 2.28. The van der Waals surface area contributed by atoms with E-state index in [4.69, 9.17) is 5.11 Å². The van der Waals surface area contributed by atoms with Crippen LogP contribution in [0.4, 0.5) is 0 Å². The summed E-state index contributed by atoms with van der Waals surface area (Å²) in [6, 6.07) is 0. The molecule has 0 amide bonds. The van der Waals surface area contributed by atoms with Crippen LogP contribution in [0, 0.1) is 0 Å². The molecule has 0 rings (SSSR count). The molecule has 17 heavy (non-hydrogen) atoms. The van der Waals surface area contributed by atoms with Crippen molar-refractivity contribution in [2.24, 2.45) is 0 Å². The van der Waals surface area contributed by atoms with Crippen molar-refractivity contribution in [2.75, 3.05) is 38.5 Å². The van der Waals surface area contributed by atoms with E-state index < -0.39 is 10.0 Å². The summed E-state index contributed by atoms with van der Waals surface area (Å²) in [5.41, 5.74) is 0. The molecule has 0 aromatic carbocycles. The Hall–Kier alpha value is -0.430. The standard InChI is InChI=1S/C11H24N2O3S/c1-3-6-12-7-5-11-17(15,16)13(8-4-2)9-10-14/h4,12,14H,2-3,5-11H2,1H3. The molecule has 0 aliphatic carbocycles. The van der Waals surface area contributed by atoms with Gasteiger partial charge in [-0.05, 0) is 25.9 Å². The van der Waals surface area contributed by atoms with Gasteiger partial charge in [-0.15, -0.1) is 6.58 Å². The van der Waals surface area contributed by atoms with E-state index >= 15 is 0 Å². The van der Waals surface area contributed by atoms with Crippen molar-refractivity contribution in [3.63, 3.8) is 0 Å². The fraction of sp³-hybridized carbons (Fsp3) is 0.818. The van der Waals surface area contributed by atoms with Gasteiger partial charge in [0.15, 0.2) is 0 Å². The highest BCUT2D eigenvalue weighted by atomic mass is 32.2. The van der Waals surface area contributed by atoms with Gasteiger partial charge < -0.3 is 10.4 Å². The van der Waals surface area contributed by atoms with Gasteiger partial charge in [0, 0.05) is 13.1 Å². The largest absolute Gasteiger partial charge is 0.395 e. The monoisotopic (exact) mass is 264 g/mol. The van der Waals surface area contributed by atoms with E-state index in [1.807, 2.05) is 0 Å². The summed E-state index contributed by atoms with van der Waals surface area (Å²) < 4.78 is 25.0. The summed E-state index contributed by atoms with van der Waals surface area (Å²) in [5, 5.41) is 12.0. The highest BCUT2D eigenvalue weighted by Crippen LogP contribution is 2.03. The number of aliphatic hydroxyl groups is 1. The molecule has 0 heterocycles. The first-order valence-corrected chi connectivity index (χ1v) is 7.59. The summed E-state index contributed by atoms with van der Waals surface area (Å²) in [5.74, 6) is 0.109. The molecule has 102 valence electrons. The molecule has 0 bridgehead atoms. The first-order chi connectivity index (χ1) is 8.08. The Bertz CT molecular complexity index is 291. The maximum Gasteiger partial charge on any atom is 0.214 e. The number of hydrogen-bond acceptors (Lipinski definition) is 4. The van der Waals surface area contributed by atoms with Crippen LogP contribution in [-0.4, -0.2) is 56.4 Å². The fourth-order valence-corrected chi connectivity index (χ4v) is 2.87. The van der Waals surface area contributed by atoms with Crippen molar-refractivity contribution >= 4 is 10.0 Å². The van der Waals surface area contributed by atoms with Crippen molar-refractivity contribution in [2.45, 2.75) is 19.8 Å². The molecular formula is C11H24N2O3S. The van der Waals surface area contributed by atoms with E-state index in [9.17, 15) is 8.42 Å². The van der Waals surface area contributed by atoms with Crippen LogP contribution in [0.15, 0.2) is 12.7 Å². The highest BCUT2D eigenvalue weighted by Gasteiger charge is 2.19. The third-order valence-electron chi connectivity index (χ3n) is 2.26. The number of aliphatic hydroxyl groups excluding tert-OH is 1. The van der Waals surface area contributed by atoms with Crippen molar-refractivity contribution in [1.82, 2.24) is 9.62 Å². The Balaban J connectivity index is 4.08. The van der Waals surface area contributed by atoms with Gasteiger partial charge in [-0.25, -0.2) is 8.42 Å². The summed E-state index contributed by atoms with van der Waals surface area (Å²) in [4.78, 5) is 0. The minimum atomic E-state index is -3.27. The lowest BCUT2D eigenvalue weighted by atomic mass is 10.4. The Morgan fingerprint density at radius 2 is 2.12 bits per heavy atom. The average molecular weight is 264 g/mol. The summed E-state index contributed by atoms with van der Waals surface area (Å²) >= 11 is 0. The van der Waals surface area contributed by atoms with Crippen LogP contribution in [0.2, 0.25) is 0 Å². The maximum absolute atomic E-state index is 11.9. The zero-order valence-corrected chi connectivity index (χ0v) is 11.4. The van der Waals surface area contributed by atoms with Crippen molar-refractivity contribution < 1.29 is 13.5 Å². The number of sulfonamides is 1. The molecule has 0 saturated heterocycles. The number of nitrogens with one attached hydrogen (secondary N) is 1. The predicted molar refractivity (Wildman–Crippen MR) is 70.4 cm³/mol. The van der Waals surface area contributed by atoms with Gasteiger partial charge in [-0.2, -0.15) is 4.31 Å². The molecule has 0 atom stereocenters. The molecule has 0 fully saturated rings. The van der Waals surface area contributed by atoms with Crippen LogP contribution >= 0.6 is 0 Å². The molecule has 0 aromatic rings. The van der Waals surface area contributed by atoms with Gasteiger partial charge in [0.1, 0.15) is 0 Å². The van der Waals surface area contributed by atoms with Crippen molar-refractivity contribution in [3.8, 4) is 0 Å². The molecule has 2 N–H and O–H groups in total. The van der Waals surface area contributed by atoms with Gasteiger partial charge in [0.2, 0.25) is 10.0 Å². The van der Waals surface area contributed by atoms with Crippen LogP contribution in [-0.2, 0) is 10.0 Å². The lowest BCUT2D eigenvalue weighted by Crippen LogP contribution is -2.36. The summed E-state index contributed by atoms with van der Waals surface area (Å²) in [7, 11) is -3.27. The Labute approximate surface area is 105 Å². The molecular weight excluding hydrogens is 240 g/mol. The second-order valence-corrected chi connectivity index (χ2v) is 5.88. The summed E-state index contributed by atoms with van der Waals surface area (Å²) in [6.45, 7) is 7.42. The van der Waals surface area contributed by atoms with Gasteiger partial charge in [-0.3, -0.25) is 0 Å². The Morgan fingerprint density at radius 3 is 2.65 bits per heavy atom. The van der Waals surface area contributed by atoms with Crippen LogP contribution in [0.3, 0.4) is 0 Å². The molecule has 0 radical (unpaired) electrons. The molecule has 5 nitrogen and oxygen atoms in total. The van der Waals surface area contributed by atoms with Crippen LogP contribution in [0.1, 0.15) is 19.8 Å². The molecule has 0 unspecified atom stereocenters. The number of nitrogens with zero attached hydrogens (tertiary/aromatic N) is 1. The lowest BCUT2D eigenvalue weighted by Gasteiger charge is -2.19. The zero-order chi connectivity index (χ0) is 13.1. The molecule has 0 aromatic heterocycles. The molecule has 0 saturated carbocycles. The predicted octanol–water partition coefficient (Wildman–Crippen LogP) is 0.186. The SMILES string of the molecule is C=CCN(CCO)S(=O)(=O)CCCNCCC. The third-order valence-corrected chi connectivity index (χ3v) is 4.18. The molecule has 6 heteroatoms. The van der Waals surface area contributed by atoms with Gasteiger partial charge in [-0.1, -0.05) is 13.0 Å². The van der Waals surface area contributed by atoms with Crippen LogP contribution in [0.5, 0.6) is 0 Å². The maximum atomic E-state index is 11.9. The molecule has 0 aliphatic heterocycles. The van der Waals surface area contributed by atoms with Gasteiger partial charge >= 0.3 is 0 Å². The highest BCUT2D eigenvalue weighted by molar-refractivity contribution is 7.89. The zero-order valence-electron chi connectivity index (χ0n) is 10.6. The van der Waals surface area contributed by atoms with Gasteiger partial charge in [0.05, 0.1) is 12.4 Å². The Morgan fingerprint density at radius 1 is 1.41 bits per heavy atom. The van der Waals surface area contributed by atoms with Gasteiger partial charge in [0.25, 0.3) is 0 Å². The lowest BCUT2D eigenvalue weighted by molar-refractivity contribution is 0.260. The van der Waals surface area contributed by atoms with E-state index in [1.54, 1.807) is 0 Å². The topological polar surface area (TPSA) is 69.6 Å². The first-order valence-electron chi connectivity index (χ1n) is 5.98. The fourth-order valence-electron chi connectivity index (χ4n) is 1.41. The number of rotatable bonds is 11. The molecule has 0 spiro atoms. The number of hydrogen-bond donors (Lipinski definition) is 2. The van der Waals surface area contributed by atoms with E-state index in [0.717, 1.165) is 13.0 Å². The van der Waals surface area contributed by atoms with Crippen LogP contribution < -0.4 is 5.32 Å². The minimum absolute atomic E-state index is 0.109. The molecule has 0 aliphatic rings. The Kier molecular flexibility index (Phi) is 9.34. The van der Waals surface area contributed by atoms with E-state index in [2.05, 4.69) is 18.8 Å². The normalized spacial score (nSPS) is 11.9. The van der Waals surface area contributed by atoms with Crippen LogP contribution in [0.25, 0.3) is 0 Å². The second kappa shape index (κ2) is 9.58. The second-order valence-electron chi connectivity index (χ2n) is 3.79. The van der Waals surface area contributed by atoms with Crippen molar-refractivity contribution in [1.29, 1.82) is 0 Å². The summed E-state index contributed by atoms with van der Waals surface area (Å²) in [6.07, 6.45) is 3.16. The smallest absolute Gasteiger partial charge is 0.214 e. The van der Waals surface area contributed by atoms with E-state index in [0.29, 0.717) is 13.0 Å². The quantitative estimate of drug-likeness (QED) is 0.413. The third kappa shape index (κ3) is 7.49. The van der Waals surface area contributed by atoms with E-state index in [1.165, 1.54) is 10.4 Å². The van der Waals surface area contributed by atoms with Crippen molar-refractivity contribution in [3.05, 3.63) is 12.7 Å². The van der Waals surface area contributed by atoms with E-state index in [-0.39, 0.29) is 25.4 Å².